The summed E-state index contributed by atoms with van der Waals surface area (Å²) in [4.78, 5) is 15.9. The van der Waals surface area contributed by atoms with Crippen LogP contribution in [-0.2, 0) is 0 Å². The minimum Gasteiger partial charge on any atom is -0.321 e. The average molecular weight is 309 g/mol. The van der Waals surface area contributed by atoms with E-state index in [1.165, 1.54) is 12.1 Å². The highest BCUT2D eigenvalue weighted by Crippen LogP contribution is 2.15. The summed E-state index contributed by atoms with van der Waals surface area (Å²) in [7, 11) is 0. The Morgan fingerprint density at radius 2 is 2.11 bits per heavy atom. The fraction of sp³-hybridized carbons (Fsp3) is 0.0769. The van der Waals surface area contributed by atoms with Gasteiger partial charge in [-0.15, -0.1) is 0 Å². The van der Waals surface area contributed by atoms with Gasteiger partial charge in [0.2, 0.25) is 0 Å². The molecule has 92 valence electrons. The molecule has 1 aromatic carbocycles. The van der Waals surface area contributed by atoms with Crippen LogP contribution in [0.4, 0.5) is 10.1 Å². The van der Waals surface area contributed by atoms with Gasteiger partial charge in [-0.2, -0.15) is 0 Å². The number of benzene rings is 1. The number of nitrogens with zero attached hydrogens (tertiary/aromatic N) is 1. The molecular formula is C13H10BrFN2O. The number of amides is 1. The summed E-state index contributed by atoms with van der Waals surface area (Å²) in [5.41, 5.74) is 1.32. The van der Waals surface area contributed by atoms with Gasteiger partial charge in [-0.1, -0.05) is 6.07 Å². The molecule has 1 amide bonds. The molecule has 0 aliphatic heterocycles. The molecule has 0 spiro atoms. The highest BCUT2D eigenvalue weighted by molar-refractivity contribution is 9.10. The van der Waals surface area contributed by atoms with Crippen LogP contribution < -0.4 is 5.32 Å². The Morgan fingerprint density at radius 1 is 1.33 bits per heavy atom. The van der Waals surface area contributed by atoms with Gasteiger partial charge < -0.3 is 5.32 Å². The first-order chi connectivity index (χ1) is 8.56. The molecule has 1 N–H and O–H groups in total. The molecule has 0 atom stereocenters. The van der Waals surface area contributed by atoms with Crippen molar-refractivity contribution >= 4 is 27.5 Å². The van der Waals surface area contributed by atoms with Crippen molar-refractivity contribution < 1.29 is 9.18 Å². The molecule has 3 nitrogen and oxygen atoms in total. The molecule has 0 unspecified atom stereocenters. The van der Waals surface area contributed by atoms with Crippen LogP contribution in [-0.4, -0.2) is 10.9 Å². The summed E-state index contributed by atoms with van der Waals surface area (Å²) in [6.45, 7) is 1.64. The van der Waals surface area contributed by atoms with Crippen molar-refractivity contribution in [3.05, 3.63) is 58.1 Å². The summed E-state index contributed by atoms with van der Waals surface area (Å²) in [6, 6.07) is 9.47. The van der Waals surface area contributed by atoms with Crippen molar-refractivity contribution in [2.45, 2.75) is 6.92 Å². The van der Waals surface area contributed by atoms with Gasteiger partial charge in [-0.25, -0.2) is 9.37 Å². The maximum absolute atomic E-state index is 13.1. The highest BCUT2D eigenvalue weighted by Gasteiger charge is 2.08. The maximum Gasteiger partial charge on any atom is 0.274 e. The number of hydrogen-bond acceptors (Lipinski definition) is 2. The molecule has 0 aliphatic carbocycles. The first kappa shape index (κ1) is 12.7. The van der Waals surface area contributed by atoms with Crippen LogP contribution in [0.3, 0.4) is 0 Å². The lowest BCUT2D eigenvalue weighted by Crippen LogP contribution is -2.13. The molecular weight excluding hydrogens is 299 g/mol. The third-order valence-electron chi connectivity index (χ3n) is 2.36. The Balaban J connectivity index is 2.18. The van der Waals surface area contributed by atoms with E-state index in [-0.39, 0.29) is 11.7 Å². The van der Waals surface area contributed by atoms with Crippen LogP contribution in [0.15, 0.2) is 41.0 Å². The lowest BCUT2D eigenvalue weighted by atomic mass is 10.2. The number of carbonyl (C=O) groups excluding carboxylic acids is 1. The number of halogens is 2. The second-order valence-electron chi connectivity index (χ2n) is 3.76. The van der Waals surface area contributed by atoms with E-state index < -0.39 is 0 Å². The first-order valence-electron chi connectivity index (χ1n) is 5.26. The molecule has 1 aromatic heterocycles. The smallest absolute Gasteiger partial charge is 0.274 e. The molecule has 0 fully saturated rings. The number of nitrogens with one attached hydrogen (secondary N) is 1. The van der Waals surface area contributed by atoms with Crippen LogP contribution in [0.1, 0.15) is 16.1 Å². The van der Waals surface area contributed by atoms with Gasteiger partial charge in [0, 0.05) is 5.69 Å². The number of rotatable bonds is 2. The van der Waals surface area contributed by atoms with Gasteiger partial charge in [-0.3, -0.25) is 4.79 Å². The Bertz CT molecular complexity index is 601. The SMILES string of the molecule is Cc1cc(NC(=O)c2cccc(Br)n2)ccc1F. The van der Waals surface area contributed by atoms with E-state index >= 15 is 0 Å². The van der Waals surface area contributed by atoms with Crippen LogP contribution in [0.5, 0.6) is 0 Å². The Hall–Kier alpha value is -1.75. The summed E-state index contributed by atoms with van der Waals surface area (Å²) in [5.74, 6) is -0.629. The zero-order chi connectivity index (χ0) is 13.1. The predicted molar refractivity (Wildman–Crippen MR) is 71.0 cm³/mol. The minimum atomic E-state index is -0.331. The number of pyridine rings is 1. The number of carbonyl (C=O) groups is 1. The van der Waals surface area contributed by atoms with Crippen LogP contribution in [0, 0.1) is 12.7 Å². The maximum atomic E-state index is 13.1. The Morgan fingerprint density at radius 3 is 2.78 bits per heavy atom. The predicted octanol–water partition coefficient (Wildman–Crippen LogP) is 3.54. The normalized spacial score (nSPS) is 10.2. The lowest BCUT2D eigenvalue weighted by molar-refractivity contribution is 0.102. The van der Waals surface area contributed by atoms with Gasteiger partial charge in [0.1, 0.15) is 16.1 Å². The molecule has 0 radical (unpaired) electrons. The lowest BCUT2D eigenvalue weighted by Gasteiger charge is -2.06. The van der Waals surface area contributed by atoms with Gasteiger partial charge in [0.05, 0.1) is 0 Å². The van der Waals surface area contributed by atoms with Crippen LogP contribution >= 0.6 is 15.9 Å². The second-order valence-corrected chi connectivity index (χ2v) is 4.58. The zero-order valence-corrected chi connectivity index (χ0v) is 11.2. The average Bonchev–Trinajstić information content (AvgIpc) is 2.34. The molecule has 0 aliphatic rings. The quantitative estimate of drug-likeness (QED) is 0.862. The van der Waals surface area contributed by atoms with E-state index in [0.29, 0.717) is 21.5 Å². The third kappa shape index (κ3) is 2.92. The Labute approximate surface area is 112 Å². The van der Waals surface area contributed by atoms with Gasteiger partial charge >= 0.3 is 0 Å². The van der Waals surface area contributed by atoms with Crippen molar-refractivity contribution in [3.63, 3.8) is 0 Å². The number of anilines is 1. The number of aromatic nitrogens is 1. The topological polar surface area (TPSA) is 42.0 Å². The van der Waals surface area contributed by atoms with E-state index in [1.807, 2.05) is 0 Å². The van der Waals surface area contributed by atoms with Crippen molar-refractivity contribution in [2.75, 3.05) is 5.32 Å². The largest absolute Gasteiger partial charge is 0.321 e. The van der Waals surface area contributed by atoms with Gasteiger partial charge in [-0.05, 0) is 58.7 Å². The summed E-state index contributed by atoms with van der Waals surface area (Å²) < 4.78 is 13.7. The van der Waals surface area contributed by atoms with E-state index in [0.717, 1.165) is 0 Å². The fourth-order valence-electron chi connectivity index (χ4n) is 1.45. The molecule has 18 heavy (non-hydrogen) atoms. The molecule has 1 heterocycles. The molecule has 0 bridgehead atoms. The van der Waals surface area contributed by atoms with Gasteiger partial charge in [0.15, 0.2) is 0 Å². The van der Waals surface area contributed by atoms with Crippen molar-refractivity contribution in [1.82, 2.24) is 4.98 Å². The molecule has 0 saturated heterocycles. The van der Waals surface area contributed by atoms with Crippen molar-refractivity contribution in [3.8, 4) is 0 Å². The van der Waals surface area contributed by atoms with Crippen LogP contribution in [0.2, 0.25) is 0 Å². The number of hydrogen-bond donors (Lipinski definition) is 1. The van der Waals surface area contributed by atoms with Gasteiger partial charge in [0.25, 0.3) is 5.91 Å². The Kier molecular flexibility index (Phi) is 3.72. The van der Waals surface area contributed by atoms with Crippen LogP contribution in [0.25, 0.3) is 0 Å². The molecule has 5 heteroatoms. The van der Waals surface area contributed by atoms with Crippen molar-refractivity contribution in [2.24, 2.45) is 0 Å². The zero-order valence-electron chi connectivity index (χ0n) is 9.58. The van der Waals surface area contributed by atoms with E-state index in [1.54, 1.807) is 31.2 Å². The summed E-state index contributed by atoms with van der Waals surface area (Å²) in [6.07, 6.45) is 0. The monoisotopic (exact) mass is 308 g/mol. The molecule has 0 saturated carbocycles. The third-order valence-corrected chi connectivity index (χ3v) is 2.81. The summed E-state index contributed by atoms with van der Waals surface area (Å²) >= 11 is 3.20. The van der Waals surface area contributed by atoms with E-state index in [9.17, 15) is 9.18 Å². The molecule has 2 rings (SSSR count). The minimum absolute atomic E-state index is 0.298. The number of aryl methyl sites for hydroxylation is 1. The van der Waals surface area contributed by atoms with E-state index in [4.69, 9.17) is 0 Å². The fourth-order valence-corrected chi connectivity index (χ4v) is 1.80. The highest BCUT2D eigenvalue weighted by atomic mass is 79.9. The summed E-state index contributed by atoms with van der Waals surface area (Å²) in [5, 5.41) is 2.66. The van der Waals surface area contributed by atoms with Crippen molar-refractivity contribution in [1.29, 1.82) is 0 Å². The van der Waals surface area contributed by atoms with E-state index in [2.05, 4.69) is 26.2 Å². The standard InChI is InChI=1S/C13H10BrFN2O/c1-8-7-9(5-6-10(8)15)16-13(18)11-3-2-4-12(14)17-11/h2-7H,1H3,(H,16,18). The first-order valence-corrected chi connectivity index (χ1v) is 6.05. The molecule has 2 aromatic rings. The second kappa shape index (κ2) is 5.27.